The van der Waals surface area contributed by atoms with E-state index >= 15 is 0 Å². The van der Waals surface area contributed by atoms with Gasteiger partial charge in [-0.05, 0) is 29.8 Å². The summed E-state index contributed by atoms with van der Waals surface area (Å²) in [5, 5.41) is 0.603. The van der Waals surface area contributed by atoms with Crippen molar-refractivity contribution in [3.63, 3.8) is 0 Å². The number of nitrogens with zero attached hydrogens (tertiary/aromatic N) is 5. The molecular formula is C18H15ClFN5. The molecule has 0 bridgehead atoms. The highest BCUT2D eigenvalue weighted by Gasteiger charge is 2.14. The maximum atomic E-state index is 13.1. The second-order valence-corrected chi connectivity index (χ2v) is 6.16. The van der Waals surface area contributed by atoms with E-state index < -0.39 is 6.67 Å². The molecule has 0 aliphatic heterocycles. The second-order valence-electron chi connectivity index (χ2n) is 5.73. The number of alkyl halides is 1. The van der Waals surface area contributed by atoms with Crippen LogP contribution in [0.1, 0.15) is 5.56 Å². The van der Waals surface area contributed by atoms with E-state index in [2.05, 4.69) is 15.0 Å². The first-order valence-electron chi connectivity index (χ1n) is 7.86. The van der Waals surface area contributed by atoms with Gasteiger partial charge in [-0.3, -0.25) is 4.98 Å². The quantitative estimate of drug-likeness (QED) is 0.544. The molecule has 0 fully saturated rings. The van der Waals surface area contributed by atoms with Gasteiger partial charge in [0.2, 0.25) is 0 Å². The predicted octanol–water partition coefficient (Wildman–Crippen LogP) is 3.97. The molecule has 0 saturated heterocycles. The van der Waals surface area contributed by atoms with E-state index in [0.29, 0.717) is 17.4 Å². The molecule has 1 aromatic carbocycles. The van der Waals surface area contributed by atoms with Crippen molar-refractivity contribution in [3.8, 4) is 11.4 Å². The number of benzene rings is 1. The van der Waals surface area contributed by atoms with Crippen LogP contribution in [-0.2, 0) is 13.1 Å². The Morgan fingerprint density at radius 1 is 1.12 bits per heavy atom. The maximum absolute atomic E-state index is 13.1. The number of hydrogen-bond donors (Lipinski definition) is 0. The minimum Gasteiger partial charge on any atom is -0.333 e. The highest BCUT2D eigenvalue weighted by Crippen LogP contribution is 2.27. The van der Waals surface area contributed by atoms with E-state index in [0.717, 1.165) is 22.2 Å². The molecular weight excluding hydrogens is 341 g/mol. The summed E-state index contributed by atoms with van der Waals surface area (Å²) in [7, 11) is 0. The SMILES string of the molecule is FCCn1c(-c2cncc(Cn3ccnc3)c2)nc2ccc(Cl)cc21. The molecule has 7 heteroatoms. The Hall–Kier alpha value is -2.73. The molecule has 0 unspecified atom stereocenters. The van der Waals surface area contributed by atoms with Crippen molar-refractivity contribution >= 4 is 22.6 Å². The predicted molar refractivity (Wildman–Crippen MR) is 95.3 cm³/mol. The number of rotatable bonds is 5. The van der Waals surface area contributed by atoms with Crippen LogP contribution in [0.15, 0.2) is 55.4 Å². The Kier molecular flexibility index (Phi) is 4.19. The smallest absolute Gasteiger partial charge is 0.142 e. The lowest BCUT2D eigenvalue weighted by molar-refractivity contribution is 0.451. The summed E-state index contributed by atoms with van der Waals surface area (Å²) in [6.07, 6.45) is 8.94. The third kappa shape index (κ3) is 3.13. The van der Waals surface area contributed by atoms with Gasteiger partial charge in [-0.1, -0.05) is 11.6 Å². The fraction of sp³-hybridized carbons (Fsp3) is 0.167. The van der Waals surface area contributed by atoms with Crippen molar-refractivity contribution in [3.05, 3.63) is 66.0 Å². The molecule has 0 N–H and O–H groups in total. The monoisotopic (exact) mass is 355 g/mol. The lowest BCUT2D eigenvalue weighted by Gasteiger charge is -2.08. The first kappa shape index (κ1) is 15.8. The van der Waals surface area contributed by atoms with Gasteiger partial charge in [0.05, 0.1) is 30.5 Å². The summed E-state index contributed by atoms with van der Waals surface area (Å²) in [4.78, 5) is 13.0. The van der Waals surface area contributed by atoms with Crippen molar-refractivity contribution < 1.29 is 4.39 Å². The molecule has 4 rings (SSSR count). The number of halogens is 2. The Labute approximate surface area is 148 Å². The first-order valence-corrected chi connectivity index (χ1v) is 8.24. The van der Waals surface area contributed by atoms with Crippen LogP contribution >= 0.6 is 11.6 Å². The molecule has 0 aliphatic carbocycles. The van der Waals surface area contributed by atoms with E-state index in [1.807, 2.05) is 39.7 Å². The lowest BCUT2D eigenvalue weighted by Crippen LogP contribution is -2.03. The van der Waals surface area contributed by atoms with Crippen LogP contribution in [0.3, 0.4) is 0 Å². The topological polar surface area (TPSA) is 48.5 Å². The zero-order valence-corrected chi connectivity index (χ0v) is 14.1. The van der Waals surface area contributed by atoms with E-state index in [4.69, 9.17) is 11.6 Å². The van der Waals surface area contributed by atoms with Gasteiger partial charge in [0.25, 0.3) is 0 Å². The summed E-state index contributed by atoms with van der Waals surface area (Å²) in [6, 6.07) is 7.46. The molecule has 0 saturated carbocycles. The van der Waals surface area contributed by atoms with E-state index in [1.165, 1.54) is 0 Å². The van der Waals surface area contributed by atoms with E-state index in [9.17, 15) is 4.39 Å². The highest BCUT2D eigenvalue weighted by atomic mass is 35.5. The van der Waals surface area contributed by atoms with Gasteiger partial charge in [0.1, 0.15) is 12.5 Å². The minimum atomic E-state index is -0.479. The number of imidazole rings is 2. The molecule has 3 aromatic heterocycles. The molecule has 0 aliphatic rings. The van der Waals surface area contributed by atoms with Crippen LogP contribution in [0.25, 0.3) is 22.4 Å². The first-order chi connectivity index (χ1) is 12.2. The van der Waals surface area contributed by atoms with Crippen molar-refractivity contribution in [2.45, 2.75) is 13.1 Å². The van der Waals surface area contributed by atoms with Crippen LogP contribution in [0.2, 0.25) is 5.02 Å². The Bertz CT molecular complexity index is 1010. The minimum absolute atomic E-state index is 0.220. The number of fused-ring (bicyclic) bond motifs is 1. The normalized spacial score (nSPS) is 11.3. The van der Waals surface area contributed by atoms with Gasteiger partial charge < -0.3 is 9.13 Å². The number of aryl methyl sites for hydroxylation is 1. The molecule has 4 aromatic rings. The van der Waals surface area contributed by atoms with Gasteiger partial charge in [0.15, 0.2) is 0 Å². The summed E-state index contributed by atoms with van der Waals surface area (Å²) < 4.78 is 16.9. The van der Waals surface area contributed by atoms with Gasteiger partial charge in [-0.15, -0.1) is 0 Å². The third-order valence-electron chi connectivity index (χ3n) is 4.00. The van der Waals surface area contributed by atoms with Crippen LogP contribution in [0, 0.1) is 0 Å². The fourth-order valence-corrected chi connectivity index (χ4v) is 3.08. The molecule has 3 heterocycles. The van der Waals surface area contributed by atoms with Crippen molar-refractivity contribution in [1.29, 1.82) is 0 Å². The van der Waals surface area contributed by atoms with Gasteiger partial charge in [-0.2, -0.15) is 0 Å². The van der Waals surface area contributed by atoms with Crippen molar-refractivity contribution in [2.75, 3.05) is 6.67 Å². The van der Waals surface area contributed by atoms with Gasteiger partial charge in [-0.25, -0.2) is 14.4 Å². The summed E-state index contributed by atoms with van der Waals surface area (Å²) in [6.45, 7) is 0.404. The average Bonchev–Trinajstić information content (AvgIpc) is 3.24. The number of hydrogen-bond acceptors (Lipinski definition) is 3. The fourth-order valence-electron chi connectivity index (χ4n) is 2.91. The third-order valence-corrected chi connectivity index (χ3v) is 4.23. The van der Waals surface area contributed by atoms with Crippen molar-refractivity contribution in [2.24, 2.45) is 0 Å². The summed E-state index contributed by atoms with van der Waals surface area (Å²) in [5.41, 5.74) is 3.47. The average molecular weight is 356 g/mol. The molecule has 5 nitrogen and oxygen atoms in total. The van der Waals surface area contributed by atoms with Gasteiger partial charge in [0, 0.05) is 35.4 Å². The molecule has 0 amide bonds. The molecule has 0 spiro atoms. The number of aromatic nitrogens is 5. The van der Waals surface area contributed by atoms with Crippen LogP contribution in [0.5, 0.6) is 0 Å². The largest absolute Gasteiger partial charge is 0.333 e. The zero-order valence-electron chi connectivity index (χ0n) is 13.3. The molecule has 25 heavy (non-hydrogen) atoms. The van der Waals surface area contributed by atoms with Crippen LogP contribution in [-0.4, -0.2) is 30.8 Å². The van der Waals surface area contributed by atoms with E-state index in [1.54, 1.807) is 24.8 Å². The Balaban J connectivity index is 1.79. The van der Waals surface area contributed by atoms with E-state index in [-0.39, 0.29) is 6.54 Å². The highest BCUT2D eigenvalue weighted by molar-refractivity contribution is 6.31. The van der Waals surface area contributed by atoms with Crippen LogP contribution < -0.4 is 0 Å². The summed E-state index contributed by atoms with van der Waals surface area (Å²) >= 11 is 6.09. The molecule has 0 radical (unpaired) electrons. The van der Waals surface area contributed by atoms with Gasteiger partial charge >= 0.3 is 0 Å². The lowest BCUT2D eigenvalue weighted by atomic mass is 10.2. The Morgan fingerprint density at radius 2 is 2.04 bits per heavy atom. The standard InChI is InChI=1S/C18H15ClFN5/c19-15-1-2-16-17(8-15)25(5-3-20)18(23-16)14-7-13(9-22-10-14)11-24-6-4-21-12-24/h1-2,4,6-10,12H,3,5,11H2. The Morgan fingerprint density at radius 3 is 2.84 bits per heavy atom. The molecule has 126 valence electrons. The maximum Gasteiger partial charge on any atom is 0.142 e. The number of pyridine rings is 1. The van der Waals surface area contributed by atoms with Crippen LogP contribution in [0.4, 0.5) is 4.39 Å². The molecule has 0 atom stereocenters. The van der Waals surface area contributed by atoms with Crippen molar-refractivity contribution in [1.82, 2.24) is 24.1 Å². The summed E-state index contributed by atoms with van der Waals surface area (Å²) in [5.74, 6) is 0.690. The zero-order chi connectivity index (χ0) is 17.2. The second kappa shape index (κ2) is 6.64.